The summed E-state index contributed by atoms with van der Waals surface area (Å²) in [7, 11) is 1.76. The average Bonchev–Trinajstić information content (AvgIpc) is 2.83. The second-order valence-corrected chi connectivity index (χ2v) is 4.17. The van der Waals surface area contributed by atoms with Gasteiger partial charge in [0.2, 0.25) is 0 Å². The zero-order valence-corrected chi connectivity index (χ0v) is 9.19. The van der Waals surface area contributed by atoms with Gasteiger partial charge < -0.3 is 5.32 Å². The SMILES string of the molecule is CN=CN/C(C)=C(/Br)CC1CC1. The van der Waals surface area contributed by atoms with Crippen LogP contribution in [0.5, 0.6) is 0 Å². The molecule has 1 saturated carbocycles. The van der Waals surface area contributed by atoms with E-state index in [4.69, 9.17) is 0 Å². The Labute approximate surface area is 82.3 Å². The minimum atomic E-state index is 0.926. The number of nitrogens with one attached hydrogen (secondary N) is 1. The van der Waals surface area contributed by atoms with Gasteiger partial charge in [0.15, 0.2) is 0 Å². The van der Waals surface area contributed by atoms with Crippen molar-refractivity contribution < 1.29 is 0 Å². The van der Waals surface area contributed by atoms with E-state index >= 15 is 0 Å². The van der Waals surface area contributed by atoms with E-state index in [2.05, 4.69) is 33.2 Å². The maximum absolute atomic E-state index is 3.86. The van der Waals surface area contributed by atoms with Gasteiger partial charge in [-0.05, 0) is 32.1 Å². The van der Waals surface area contributed by atoms with Crippen LogP contribution >= 0.6 is 15.9 Å². The van der Waals surface area contributed by atoms with E-state index in [0.29, 0.717) is 0 Å². The molecule has 1 N–H and O–H groups in total. The Bertz CT molecular complexity index is 205. The van der Waals surface area contributed by atoms with Gasteiger partial charge in [-0.3, -0.25) is 4.99 Å². The monoisotopic (exact) mass is 230 g/mol. The highest BCUT2D eigenvalue weighted by atomic mass is 79.9. The van der Waals surface area contributed by atoms with E-state index in [1.165, 1.54) is 29.4 Å². The lowest BCUT2D eigenvalue weighted by Crippen LogP contribution is -2.08. The minimum Gasteiger partial charge on any atom is -0.350 e. The van der Waals surface area contributed by atoms with Crippen molar-refractivity contribution in [3.63, 3.8) is 0 Å². The third kappa shape index (κ3) is 3.39. The van der Waals surface area contributed by atoms with Gasteiger partial charge in [0, 0.05) is 17.2 Å². The number of nitrogens with zero attached hydrogens (tertiary/aromatic N) is 1. The van der Waals surface area contributed by atoms with E-state index in [9.17, 15) is 0 Å². The Balaban J connectivity index is 2.36. The van der Waals surface area contributed by atoms with Crippen LogP contribution in [0.15, 0.2) is 15.2 Å². The molecule has 0 unspecified atom stereocenters. The smallest absolute Gasteiger partial charge is 0.0862 e. The highest BCUT2D eigenvalue weighted by Gasteiger charge is 2.22. The maximum Gasteiger partial charge on any atom is 0.0862 e. The van der Waals surface area contributed by atoms with Gasteiger partial charge >= 0.3 is 0 Å². The normalized spacial score (nSPS) is 19.6. The summed E-state index contributed by atoms with van der Waals surface area (Å²) in [5.74, 6) is 0.926. The first kappa shape index (κ1) is 9.78. The summed E-state index contributed by atoms with van der Waals surface area (Å²) in [5.41, 5.74) is 1.17. The van der Waals surface area contributed by atoms with E-state index in [1.807, 2.05) is 0 Å². The average molecular weight is 231 g/mol. The fourth-order valence-electron chi connectivity index (χ4n) is 0.968. The molecule has 1 rings (SSSR count). The third-order valence-electron chi connectivity index (χ3n) is 1.98. The summed E-state index contributed by atoms with van der Waals surface area (Å²) in [6, 6.07) is 0. The Morgan fingerprint density at radius 3 is 2.83 bits per heavy atom. The summed E-state index contributed by atoms with van der Waals surface area (Å²) in [6.07, 6.45) is 5.67. The molecule has 0 bridgehead atoms. The van der Waals surface area contributed by atoms with Crippen LogP contribution in [0.2, 0.25) is 0 Å². The number of halogens is 1. The van der Waals surface area contributed by atoms with Crippen molar-refractivity contribution >= 4 is 22.3 Å². The number of hydrogen-bond donors (Lipinski definition) is 1. The summed E-state index contributed by atoms with van der Waals surface area (Å²) < 4.78 is 1.28. The molecular weight excluding hydrogens is 216 g/mol. The predicted octanol–water partition coefficient (Wildman–Crippen LogP) is 2.66. The molecule has 1 aliphatic rings. The van der Waals surface area contributed by atoms with E-state index in [0.717, 1.165) is 5.92 Å². The number of allylic oxidation sites excluding steroid dienone is 2. The van der Waals surface area contributed by atoms with Crippen molar-refractivity contribution in [2.45, 2.75) is 26.2 Å². The van der Waals surface area contributed by atoms with Crippen LogP contribution in [-0.4, -0.2) is 13.4 Å². The molecule has 0 amide bonds. The molecule has 0 heterocycles. The highest BCUT2D eigenvalue weighted by Crippen LogP contribution is 2.37. The summed E-state index contributed by atoms with van der Waals surface area (Å²) in [4.78, 5) is 3.86. The van der Waals surface area contributed by atoms with Gasteiger partial charge in [-0.25, -0.2) is 0 Å². The van der Waals surface area contributed by atoms with E-state index in [1.54, 1.807) is 13.4 Å². The Kier molecular flexibility index (Phi) is 3.79. The maximum atomic E-state index is 3.86. The van der Waals surface area contributed by atoms with Crippen molar-refractivity contribution in [2.24, 2.45) is 10.9 Å². The molecule has 1 fully saturated rings. The minimum absolute atomic E-state index is 0.926. The molecule has 12 heavy (non-hydrogen) atoms. The first-order valence-corrected chi connectivity index (χ1v) is 5.05. The van der Waals surface area contributed by atoms with Gasteiger partial charge in [0.1, 0.15) is 0 Å². The van der Waals surface area contributed by atoms with Crippen LogP contribution in [0.1, 0.15) is 26.2 Å². The first-order chi connectivity index (χ1) is 5.74. The standard InChI is InChI=1S/C9H15BrN2/c1-7(12-6-11-2)9(10)5-8-3-4-8/h6,8H,3-5H2,1-2H3,(H,11,12)/b9-7+. The van der Waals surface area contributed by atoms with Crippen molar-refractivity contribution in [3.8, 4) is 0 Å². The Hall–Kier alpha value is -0.310. The molecule has 0 aromatic heterocycles. The Morgan fingerprint density at radius 1 is 1.67 bits per heavy atom. The zero-order valence-electron chi connectivity index (χ0n) is 7.60. The lowest BCUT2D eigenvalue weighted by molar-refractivity contribution is 0.841. The van der Waals surface area contributed by atoms with Gasteiger partial charge in [0.05, 0.1) is 6.34 Å². The largest absolute Gasteiger partial charge is 0.350 e. The van der Waals surface area contributed by atoms with Crippen LogP contribution < -0.4 is 5.32 Å². The van der Waals surface area contributed by atoms with E-state index < -0.39 is 0 Å². The molecule has 2 nitrogen and oxygen atoms in total. The highest BCUT2D eigenvalue weighted by molar-refractivity contribution is 9.11. The quantitative estimate of drug-likeness (QED) is 0.583. The summed E-state index contributed by atoms with van der Waals surface area (Å²) in [6.45, 7) is 2.06. The third-order valence-corrected chi connectivity index (χ3v) is 2.90. The van der Waals surface area contributed by atoms with Crippen LogP contribution in [0.25, 0.3) is 0 Å². The molecule has 0 aromatic carbocycles. The van der Waals surface area contributed by atoms with Gasteiger partial charge in [-0.1, -0.05) is 15.9 Å². The van der Waals surface area contributed by atoms with Crippen LogP contribution in [0, 0.1) is 5.92 Å². The van der Waals surface area contributed by atoms with Crippen LogP contribution in [0.3, 0.4) is 0 Å². The molecule has 0 aromatic rings. The van der Waals surface area contributed by atoms with Crippen molar-refractivity contribution in [2.75, 3.05) is 7.05 Å². The lowest BCUT2D eigenvalue weighted by atomic mass is 10.2. The molecule has 3 heteroatoms. The van der Waals surface area contributed by atoms with Gasteiger partial charge in [0.25, 0.3) is 0 Å². The fourth-order valence-corrected chi connectivity index (χ4v) is 1.54. The first-order valence-electron chi connectivity index (χ1n) is 4.26. The van der Waals surface area contributed by atoms with E-state index in [-0.39, 0.29) is 0 Å². The van der Waals surface area contributed by atoms with Crippen molar-refractivity contribution in [3.05, 3.63) is 10.2 Å². The lowest BCUT2D eigenvalue weighted by Gasteiger charge is -2.04. The molecule has 0 radical (unpaired) electrons. The fraction of sp³-hybridized carbons (Fsp3) is 0.667. The molecule has 0 saturated heterocycles. The Morgan fingerprint density at radius 2 is 2.33 bits per heavy atom. The topological polar surface area (TPSA) is 24.4 Å². The van der Waals surface area contributed by atoms with Crippen molar-refractivity contribution in [1.29, 1.82) is 0 Å². The van der Waals surface area contributed by atoms with Gasteiger partial charge in [-0.15, -0.1) is 0 Å². The van der Waals surface area contributed by atoms with Crippen LogP contribution in [-0.2, 0) is 0 Å². The zero-order chi connectivity index (χ0) is 8.97. The number of aliphatic imine (C=N–C) groups is 1. The number of rotatable bonds is 4. The second kappa shape index (κ2) is 4.65. The number of hydrogen-bond acceptors (Lipinski definition) is 1. The summed E-state index contributed by atoms with van der Waals surface area (Å²) >= 11 is 3.57. The van der Waals surface area contributed by atoms with Crippen LogP contribution in [0.4, 0.5) is 0 Å². The molecule has 68 valence electrons. The molecule has 1 aliphatic carbocycles. The second-order valence-electron chi connectivity index (χ2n) is 3.21. The molecule has 0 atom stereocenters. The summed E-state index contributed by atoms with van der Waals surface area (Å²) in [5, 5.41) is 3.11. The van der Waals surface area contributed by atoms with Crippen molar-refractivity contribution in [1.82, 2.24) is 5.32 Å². The van der Waals surface area contributed by atoms with Gasteiger partial charge in [-0.2, -0.15) is 0 Å². The molecule has 0 spiro atoms. The molecule has 0 aliphatic heterocycles. The predicted molar refractivity (Wildman–Crippen MR) is 56.5 cm³/mol. The molecular formula is C9H15BrN2.